The van der Waals surface area contributed by atoms with Crippen LogP contribution in [-0.4, -0.2) is 12.5 Å². The van der Waals surface area contributed by atoms with Crippen LogP contribution in [0.25, 0.3) is 0 Å². The lowest BCUT2D eigenvalue weighted by Crippen LogP contribution is -2.21. The van der Waals surface area contributed by atoms with Crippen molar-refractivity contribution in [2.24, 2.45) is 0 Å². The second-order valence-electron chi connectivity index (χ2n) is 4.97. The molecular weight excluding hydrogens is 328 g/mol. The molecule has 0 saturated heterocycles. The van der Waals surface area contributed by atoms with E-state index >= 15 is 0 Å². The molecule has 2 rings (SSSR count). The number of anilines is 1. The molecule has 0 saturated carbocycles. The molecule has 2 aromatic rings. The SMILES string of the molecule is Cc1cccc(CNCCC(=O)Nc2ccc(Br)cc2)c1. The molecule has 0 spiro atoms. The van der Waals surface area contributed by atoms with E-state index in [1.165, 1.54) is 11.1 Å². The Kier molecular flexibility index (Phi) is 5.96. The number of rotatable bonds is 6. The predicted molar refractivity (Wildman–Crippen MR) is 90.3 cm³/mol. The van der Waals surface area contributed by atoms with E-state index in [9.17, 15) is 4.79 Å². The second-order valence-corrected chi connectivity index (χ2v) is 5.89. The minimum atomic E-state index is 0.0223. The number of carbonyl (C=O) groups is 1. The fraction of sp³-hybridized carbons (Fsp3) is 0.235. The molecule has 0 radical (unpaired) electrons. The van der Waals surface area contributed by atoms with Crippen LogP contribution in [0.4, 0.5) is 5.69 Å². The highest BCUT2D eigenvalue weighted by atomic mass is 79.9. The number of aryl methyl sites for hydroxylation is 1. The third-order valence-electron chi connectivity index (χ3n) is 3.07. The third-order valence-corrected chi connectivity index (χ3v) is 3.60. The van der Waals surface area contributed by atoms with Gasteiger partial charge in [0, 0.05) is 29.7 Å². The molecule has 0 aliphatic heterocycles. The van der Waals surface area contributed by atoms with Crippen LogP contribution in [0.15, 0.2) is 53.0 Å². The zero-order chi connectivity index (χ0) is 15.1. The van der Waals surface area contributed by atoms with E-state index in [0.29, 0.717) is 13.0 Å². The fourth-order valence-electron chi connectivity index (χ4n) is 2.01. The Morgan fingerprint density at radius 2 is 1.90 bits per heavy atom. The van der Waals surface area contributed by atoms with E-state index in [4.69, 9.17) is 0 Å². The van der Waals surface area contributed by atoms with Crippen LogP contribution in [0.5, 0.6) is 0 Å². The minimum Gasteiger partial charge on any atom is -0.326 e. The summed E-state index contributed by atoms with van der Waals surface area (Å²) in [6.45, 7) is 3.53. The monoisotopic (exact) mass is 346 g/mol. The van der Waals surface area contributed by atoms with Gasteiger partial charge in [-0.15, -0.1) is 0 Å². The van der Waals surface area contributed by atoms with Crippen molar-refractivity contribution in [2.45, 2.75) is 19.9 Å². The van der Waals surface area contributed by atoms with Crippen LogP contribution in [0.3, 0.4) is 0 Å². The van der Waals surface area contributed by atoms with Gasteiger partial charge >= 0.3 is 0 Å². The van der Waals surface area contributed by atoms with Crippen molar-refractivity contribution in [3.05, 3.63) is 64.1 Å². The van der Waals surface area contributed by atoms with Gasteiger partial charge in [0.05, 0.1) is 0 Å². The number of hydrogen-bond acceptors (Lipinski definition) is 2. The van der Waals surface area contributed by atoms with Gasteiger partial charge in [0.1, 0.15) is 0 Å². The average Bonchev–Trinajstić information content (AvgIpc) is 2.46. The maximum Gasteiger partial charge on any atom is 0.225 e. The summed E-state index contributed by atoms with van der Waals surface area (Å²) in [6.07, 6.45) is 0.460. The molecule has 0 aromatic heterocycles. The quantitative estimate of drug-likeness (QED) is 0.779. The fourth-order valence-corrected chi connectivity index (χ4v) is 2.28. The lowest BCUT2D eigenvalue weighted by molar-refractivity contribution is -0.116. The van der Waals surface area contributed by atoms with Gasteiger partial charge in [0.15, 0.2) is 0 Å². The van der Waals surface area contributed by atoms with E-state index in [2.05, 4.69) is 51.7 Å². The Bertz CT molecular complexity index is 596. The number of benzene rings is 2. The van der Waals surface area contributed by atoms with Gasteiger partial charge < -0.3 is 10.6 Å². The molecular formula is C17H19BrN2O. The molecule has 0 unspecified atom stereocenters. The first-order chi connectivity index (χ1) is 10.1. The predicted octanol–water partition coefficient (Wildman–Crippen LogP) is 3.88. The van der Waals surface area contributed by atoms with Crippen LogP contribution < -0.4 is 10.6 Å². The molecule has 0 bridgehead atoms. The largest absolute Gasteiger partial charge is 0.326 e. The summed E-state index contributed by atoms with van der Waals surface area (Å²) >= 11 is 3.37. The first kappa shape index (κ1) is 15.7. The summed E-state index contributed by atoms with van der Waals surface area (Å²) in [7, 11) is 0. The van der Waals surface area contributed by atoms with Crippen molar-refractivity contribution in [1.29, 1.82) is 0 Å². The average molecular weight is 347 g/mol. The Morgan fingerprint density at radius 1 is 1.14 bits per heavy atom. The van der Waals surface area contributed by atoms with Gasteiger partial charge in [0.25, 0.3) is 0 Å². The van der Waals surface area contributed by atoms with Crippen LogP contribution in [-0.2, 0) is 11.3 Å². The molecule has 0 fully saturated rings. The molecule has 0 heterocycles. The maximum absolute atomic E-state index is 11.8. The van der Waals surface area contributed by atoms with Gasteiger partial charge in [-0.05, 0) is 36.8 Å². The minimum absolute atomic E-state index is 0.0223. The lowest BCUT2D eigenvalue weighted by Gasteiger charge is -2.07. The number of hydrogen-bond donors (Lipinski definition) is 2. The summed E-state index contributed by atoms with van der Waals surface area (Å²) in [5, 5.41) is 6.16. The molecule has 4 heteroatoms. The van der Waals surface area contributed by atoms with E-state index in [1.807, 2.05) is 30.3 Å². The summed E-state index contributed by atoms with van der Waals surface area (Å²) in [5.41, 5.74) is 3.31. The summed E-state index contributed by atoms with van der Waals surface area (Å²) < 4.78 is 1.00. The highest BCUT2D eigenvalue weighted by Crippen LogP contribution is 2.14. The number of nitrogens with one attached hydrogen (secondary N) is 2. The number of amides is 1. The molecule has 2 N–H and O–H groups in total. The molecule has 0 aliphatic carbocycles. The Morgan fingerprint density at radius 3 is 2.62 bits per heavy atom. The van der Waals surface area contributed by atoms with Gasteiger partial charge in [-0.1, -0.05) is 45.8 Å². The molecule has 0 atom stereocenters. The van der Waals surface area contributed by atoms with Crippen LogP contribution in [0.1, 0.15) is 17.5 Å². The Labute approximate surface area is 133 Å². The number of carbonyl (C=O) groups excluding carboxylic acids is 1. The molecule has 3 nitrogen and oxygen atoms in total. The van der Waals surface area contributed by atoms with Gasteiger partial charge in [0.2, 0.25) is 5.91 Å². The Hall–Kier alpha value is -1.65. The maximum atomic E-state index is 11.8. The van der Waals surface area contributed by atoms with Gasteiger partial charge in [-0.25, -0.2) is 0 Å². The van der Waals surface area contributed by atoms with Crippen molar-refractivity contribution in [2.75, 3.05) is 11.9 Å². The zero-order valence-electron chi connectivity index (χ0n) is 12.0. The van der Waals surface area contributed by atoms with Crippen molar-refractivity contribution < 1.29 is 4.79 Å². The number of halogens is 1. The summed E-state index contributed by atoms with van der Waals surface area (Å²) in [5.74, 6) is 0.0223. The summed E-state index contributed by atoms with van der Waals surface area (Å²) in [4.78, 5) is 11.8. The van der Waals surface area contributed by atoms with E-state index in [-0.39, 0.29) is 5.91 Å². The van der Waals surface area contributed by atoms with Crippen molar-refractivity contribution in [3.8, 4) is 0 Å². The van der Waals surface area contributed by atoms with Gasteiger partial charge in [-0.2, -0.15) is 0 Å². The normalized spacial score (nSPS) is 10.4. The molecule has 1 amide bonds. The lowest BCUT2D eigenvalue weighted by atomic mass is 10.1. The Balaban J connectivity index is 1.68. The van der Waals surface area contributed by atoms with Crippen LogP contribution >= 0.6 is 15.9 Å². The molecule has 0 aliphatic rings. The van der Waals surface area contributed by atoms with E-state index in [0.717, 1.165) is 16.7 Å². The highest BCUT2D eigenvalue weighted by Gasteiger charge is 2.02. The second kappa shape index (κ2) is 7.96. The van der Waals surface area contributed by atoms with Crippen molar-refractivity contribution in [3.63, 3.8) is 0 Å². The standard InChI is InChI=1S/C17H19BrN2O/c1-13-3-2-4-14(11-13)12-19-10-9-17(21)20-16-7-5-15(18)6-8-16/h2-8,11,19H,9-10,12H2,1H3,(H,20,21). The molecule has 110 valence electrons. The zero-order valence-corrected chi connectivity index (χ0v) is 13.6. The summed E-state index contributed by atoms with van der Waals surface area (Å²) in [6, 6.07) is 15.9. The molecule has 2 aromatic carbocycles. The third kappa shape index (κ3) is 5.69. The first-order valence-electron chi connectivity index (χ1n) is 6.95. The van der Waals surface area contributed by atoms with Crippen LogP contribution in [0, 0.1) is 6.92 Å². The highest BCUT2D eigenvalue weighted by molar-refractivity contribution is 9.10. The van der Waals surface area contributed by atoms with Gasteiger partial charge in [-0.3, -0.25) is 4.79 Å². The topological polar surface area (TPSA) is 41.1 Å². The van der Waals surface area contributed by atoms with E-state index in [1.54, 1.807) is 0 Å². The van der Waals surface area contributed by atoms with Crippen molar-refractivity contribution in [1.82, 2.24) is 5.32 Å². The molecule has 21 heavy (non-hydrogen) atoms. The first-order valence-corrected chi connectivity index (χ1v) is 7.74. The smallest absolute Gasteiger partial charge is 0.225 e. The van der Waals surface area contributed by atoms with Crippen LogP contribution in [0.2, 0.25) is 0 Å². The van der Waals surface area contributed by atoms with E-state index < -0.39 is 0 Å². The van der Waals surface area contributed by atoms with Crippen molar-refractivity contribution >= 4 is 27.5 Å².